The maximum absolute atomic E-state index is 11.8. The lowest BCUT2D eigenvalue weighted by Crippen LogP contribution is -2.18. The number of carbonyl (C=O) groups is 1. The molecule has 1 rings (SSSR count). The standard InChI is InChI=1S/C15H24O2/c1-13(2,3)10(12(16)17-8)9-11-14(4,5)15(11,6)7/h1-8H3. The summed E-state index contributed by atoms with van der Waals surface area (Å²) in [5.41, 5.74) is 5.17. The van der Waals surface area contributed by atoms with Crippen LogP contribution in [0.4, 0.5) is 0 Å². The van der Waals surface area contributed by atoms with E-state index in [4.69, 9.17) is 4.74 Å². The predicted octanol–water partition coefficient (Wildman–Crippen LogP) is 3.72. The number of carbonyl (C=O) groups excluding carboxylic acids is 1. The van der Waals surface area contributed by atoms with Crippen LogP contribution >= 0.6 is 0 Å². The maximum atomic E-state index is 11.8. The third-order valence-corrected chi connectivity index (χ3v) is 4.14. The van der Waals surface area contributed by atoms with Crippen LogP contribution in [0.15, 0.2) is 16.9 Å². The Kier molecular flexibility index (Phi) is 3.10. The fourth-order valence-electron chi connectivity index (χ4n) is 2.12. The Morgan fingerprint density at radius 3 is 1.76 bits per heavy atom. The molecule has 0 radical (unpaired) electrons. The average molecular weight is 236 g/mol. The van der Waals surface area contributed by atoms with E-state index in [1.165, 1.54) is 12.7 Å². The molecule has 1 aliphatic rings. The van der Waals surface area contributed by atoms with Crippen LogP contribution in [0.25, 0.3) is 0 Å². The zero-order valence-corrected chi connectivity index (χ0v) is 12.3. The molecule has 0 amide bonds. The first-order valence-electron chi connectivity index (χ1n) is 6.07. The average Bonchev–Trinajstić information content (AvgIpc) is 2.52. The Morgan fingerprint density at radius 1 is 1.12 bits per heavy atom. The molecule has 2 nitrogen and oxygen atoms in total. The van der Waals surface area contributed by atoms with Gasteiger partial charge in [-0.05, 0) is 5.57 Å². The van der Waals surface area contributed by atoms with Gasteiger partial charge < -0.3 is 4.74 Å². The second-order valence-electron chi connectivity index (χ2n) is 6.87. The summed E-state index contributed by atoms with van der Waals surface area (Å²) in [5, 5.41) is 0. The number of hydrogen-bond donors (Lipinski definition) is 0. The lowest BCUT2D eigenvalue weighted by atomic mass is 9.86. The molecule has 0 N–H and O–H groups in total. The fourth-order valence-corrected chi connectivity index (χ4v) is 2.12. The molecule has 1 fully saturated rings. The van der Waals surface area contributed by atoms with E-state index in [-0.39, 0.29) is 22.2 Å². The van der Waals surface area contributed by atoms with Gasteiger partial charge in [0.2, 0.25) is 0 Å². The zero-order valence-electron chi connectivity index (χ0n) is 12.3. The molecule has 0 aromatic carbocycles. The molecule has 0 aliphatic heterocycles. The highest BCUT2D eigenvalue weighted by Crippen LogP contribution is 2.67. The van der Waals surface area contributed by atoms with Gasteiger partial charge in [0.25, 0.3) is 0 Å². The van der Waals surface area contributed by atoms with Gasteiger partial charge >= 0.3 is 5.97 Å². The van der Waals surface area contributed by atoms with Gasteiger partial charge in [0.15, 0.2) is 0 Å². The van der Waals surface area contributed by atoms with Crippen LogP contribution in [0.2, 0.25) is 0 Å². The van der Waals surface area contributed by atoms with E-state index in [0.29, 0.717) is 5.57 Å². The Hall–Kier alpha value is -1.01. The zero-order chi connectivity index (χ0) is 13.6. The number of esters is 1. The van der Waals surface area contributed by atoms with E-state index in [9.17, 15) is 4.79 Å². The first-order chi connectivity index (χ1) is 7.46. The summed E-state index contributed by atoms with van der Waals surface area (Å²) < 4.78 is 4.85. The fraction of sp³-hybridized carbons (Fsp3) is 0.733. The van der Waals surface area contributed by atoms with Crippen LogP contribution in [-0.4, -0.2) is 13.1 Å². The largest absolute Gasteiger partial charge is 0.465 e. The van der Waals surface area contributed by atoms with Crippen LogP contribution in [0.5, 0.6) is 0 Å². The van der Waals surface area contributed by atoms with Crippen molar-refractivity contribution >= 4 is 5.97 Å². The van der Waals surface area contributed by atoms with Gasteiger partial charge in [0.05, 0.1) is 12.7 Å². The first-order valence-corrected chi connectivity index (χ1v) is 6.07. The Bertz CT molecular complexity index is 395. The number of methoxy groups -OCH3 is 1. The molecule has 0 atom stereocenters. The third-order valence-electron chi connectivity index (χ3n) is 4.14. The van der Waals surface area contributed by atoms with E-state index >= 15 is 0 Å². The van der Waals surface area contributed by atoms with E-state index < -0.39 is 0 Å². The topological polar surface area (TPSA) is 26.3 Å². The van der Waals surface area contributed by atoms with Gasteiger partial charge in [0, 0.05) is 16.2 Å². The second kappa shape index (κ2) is 3.74. The van der Waals surface area contributed by atoms with Crippen molar-refractivity contribution in [2.24, 2.45) is 16.2 Å². The summed E-state index contributed by atoms with van der Waals surface area (Å²) in [5.74, 6) is -0.275. The summed E-state index contributed by atoms with van der Waals surface area (Å²) >= 11 is 0. The molecule has 17 heavy (non-hydrogen) atoms. The molecule has 0 aromatic heterocycles. The molecule has 1 aliphatic carbocycles. The lowest BCUT2D eigenvalue weighted by molar-refractivity contribution is -0.137. The smallest absolute Gasteiger partial charge is 0.342 e. The third kappa shape index (κ3) is 2.19. The minimum Gasteiger partial charge on any atom is -0.465 e. The molecule has 0 heterocycles. The monoisotopic (exact) mass is 236 g/mol. The van der Waals surface area contributed by atoms with Gasteiger partial charge in [0.1, 0.15) is 0 Å². The van der Waals surface area contributed by atoms with Gasteiger partial charge in [-0.15, -0.1) is 5.73 Å². The highest BCUT2D eigenvalue weighted by Gasteiger charge is 2.60. The Balaban J connectivity index is 3.38. The number of rotatable bonds is 1. The molecule has 96 valence electrons. The highest BCUT2D eigenvalue weighted by atomic mass is 16.5. The molecule has 0 bridgehead atoms. The lowest BCUT2D eigenvalue weighted by Gasteiger charge is -2.18. The van der Waals surface area contributed by atoms with Crippen LogP contribution in [0.1, 0.15) is 48.5 Å². The molecule has 0 saturated heterocycles. The van der Waals surface area contributed by atoms with Crippen molar-refractivity contribution in [1.82, 2.24) is 0 Å². The minimum atomic E-state index is -0.275. The molecule has 0 spiro atoms. The van der Waals surface area contributed by atoms with E-state index in [0.717, 1.165) is 0 Å². The quantitative estimate of drug-likeness (QED) is 0.394. The van der Waals surface area contributed by atoms with E-state index in [1.807, 2.05) is 20.8 Å². The molecule has 1 saturated carbocycles. The summed E-state index contributed by atoms with van der Waals surface area (Å²) in [4.78, 5) is 11.8. The Morgan fingerprint density at radius 2 is 1.53 bits per heavy atom. The van der Waals surface area contributed by atoms with Gasteiger partial charge in [-0.1, -0.05) is 48.5 Å². The second-order valence-corrected chi connectivity index (χ2v) is 6.87. The highest BCUT2D eigenvalue weighted by molar-refractivity contribution is 5.89. The summed E-state index contributed by atoms with van der Waals surface area (Å²) in [6, 6.07) is 0. The summed E-state index contributed by atoms with van der Waals surface area (Å²) in [6.45, 7) is 14.8. The first kappa shape index (κ1) is 14.1. The Labute approximate surface area is 105 Å². The minimum absolute atomic E-state index is 0.123. The van der Waals surface area contributed by atoms with Crippen molar-refractivity contribution in [3.8, 4) is 0 Å². The van der Waals surface area contributed by atoms with Crippen molar-refractivity contribution in [2.45, 2.75) is 48.5 Å². The van der Waals surface area contributed by atoms with Crippen molar-refractivity contribution < 1.29 is 9.53 Å². The molecular weight excluding hydrogens is 212 g/mol. The van der Waals surface area contributed by atoms with Crippen molar-refractivity contribution in [2.75, 3.05) is 7.11 Å². The van der Waals surface area contributed by atoms with Crippen LogP contribution in [0.3, 0.4) is 0 Å². The molecular formula is C15H24O2. The van der Waals surface area contributed by atoms with E-state index in [1.54, 1.807) is 0 Å². The van der Waals surface area contributed by atoms with Gasteiger partial charge in [-0.2, -0.15) is 0 Å². The SMILES string of the molecule is COC(=O)C(=C=C1C(C)(C)C1(C)C)C(C)(C)C. The molecule has 0 unspecified atom stereocenters. The normalized spacial score (nSPS) is 20.6. The maximum Gasteiger partial charge on any atom is 0.342 e. The molecule has 0 aromatic rings. The van der Waals surface area contributed by atoms with E-state index in [2.05, 4.69) is 33.4 Å². The number of ether oxygens (including phenoxy) is 1. The summed E-state index contributed by atoms with van der Waals surface area (Å²) in [7, 11) is 1.42. The molecule has 2 heteroatoms. The van der Waals surface area contributed by atoms with Gasteiger partial charge in [-0.25, -0.2) is 4.79 Å². The predicted molar refractivity (Wildman–Crippen MR) is 69.6 cm³/mol. The van der Waals surface area contributed by atoms with Crippen molar-refractivity contribution in [1.29, 1.82) is 0 Å². The summed E-state index contributed by atoms with van der Waals surface area (Å²) in [6.07, 6.45) is 0. The van der Waals surface area contributed by atoms with Crippen molar-refractivity contribution in [3.05, 3.63) is 16.9 Å². The van der Waals surface area contributed by atoms with Crippen LogP contribution in [-0.2, 0) is 9.53 Å². The van der Waals surface area contributed by atoms with Crippen LogP contribution < -0.4 is 0 Å². The van der Waals surface area contributed by atoms with Crippen molar-refractivity contribution in [3.63, 3.8) is 0 Å². The van der Waals surface area contributed by atoms with Gasteiger partial charge in [-0.3, -0.25) is 0 Å². The number of hydrogen-bond acceptors (Lipinski definition) is 2. The van der Waals surface area contributed by atoms with Crippen LogP contribution in [0, 0.1) is 16.2 Å².